The molecule has 8 aromatic rings. The molecule has 14 nitrogen and oxygen atoms in total. The van der Waals surface area contributed by atoms with Crippen LogP contribution in [-0.2, 0) is 35.3 Å². The minimum atomic E-state index is -0.119. The van der Waals surface area contributed by atoms with E-state index in [1.165, 1.54) is 16.7 Å². The predicted octanol–water partition coefficient (Wildman–Crippen LogP) is 13.8. The maximum atomic E-state index is 13.7. The van der Waals surface area contributed by atoms with E-state index in [1.54, 1.807) is 46.0 Å². The Hall–Kier alpha value is -7.33. The van der Waals surface area contributed by atoms with Crippen molar-refractivity contribution in [3.8, 4) is 33.6 Å². The molecule has 0 unspecified atom stereocenters. The number of nitrogens with zero attached hydrogens (tertiary/aromatic N) is 10. The highest BCUT2D eigenvalue weighted by atomic mass is 35.5. The fourth-order valence-corrected chi connectivity index (χ4v) is 14.4. The number of halogens is 5. The van der Waals surface area contributed by atoms with Gasteiger partial charge in [0.05, 0.1) is 35.9 Å². The van der Waals surface area contributed by atoms with Gasteiger partial charge in [0.1, 0.15) is 16.7 Å². The number of aliphatic imine (C=N–C) groups is 2. The van der Waals surface area contributed by atoms with E-state index in [0.29, 0.717) is 76.8 Å². The monoisotopic (exact) mass is 1200 g/mol. The van der Waals surface area contributed by atoms with Crippen LogP contribution in [0, 0.1) is 11.8 Å². The van der Waals surface area contributed by atoms with Crippen LogP contribution in [0.1, 0.15) is 122 Å². The van der Waals surface area contributed by atoms with Crippen molar-refractivity contribution in [3.63, 3.8) is 0 Å². The molecular formula is C64H53Cl5N10O4. The number of pyridine rings is 2. The average Bonchev–Trinajstić information content (AvgIpc) is 1.63. The van der Waals surface area contributed by atoms with Gasteiger partial charge in [-0.05, 0) is 136 Å². The van der Waals surface area contributed by atoms with Gasteiger partial charge >= 0.3 is 0 Å². The van der Waals surface area contributed by atoms with Crippen LogP contribution < -0.4 is 11.1 Å². The van der Waals surface area contributed by atoms with E-state index in [9.17, 15) is 19.2 Å². The fraction of sp³-hybridized carbons (Fsp3) is 0.281. The van der Waals surface area contributed by atoms with Crippen molar-refractivity contribution in [2.75, 3.05) is 0 Å². The molecule has 6 atom stereocenters. The van der Waals surface area contributed by atoms with Gasteiger partial charge in [-0.3, -0.25) is 24.2 Å². The number of aromatic nitrogens is 8. The van der Waals surface area contributed by atoms with Gasteiger partial charge in [-0.25, -0.2) is 14.4 Å². The van der Waals surface area contributed by atoms with Crippen molar-refractivity contribution in [2.24, 2.45) is 21.8 Å². The van der Waals surface area contributed by atoms with E-state index >= 15 is 0 Å². The molecule has 4 aromatic carbocycles. The Morgan fingerprint density at radius 1 is 0.482 bits per heavy atom. The SMILES string of the molecule is C.C.O=C1CCc2cc(C3=C(Cl)N=C([C@@H]4[C@H]5C[C@H]5c5cc(-c6cc(Cl)ccc6-n6cc(Cl)nn6)cc(=O)n54)C3)ccc2C1.O=C1CCc2cc(C3=CN=C([C@@H]4[C@H]5C[C@H]5c5cc(-c6cc(Cl)ccc6-n6cc(Cl)nn6)cc(=O)n54)C3)ccc2C1. The van der Waals surface area contributed by atoms with Gasteiger partial charge in [0.25, 0.3) is 11.1 Å². The van der Waals surface area contributed by atoms with E-state index in [1.807, 2.05) is 51.7 Å². The van der Waals surface area contributed by atoms with E-state index < -0.39 is 0 Å². The van der Waals surface area contributed by atoms with E-state index in [4.69, 9.17) is 68.0 Å². The summed E-state index contributed by atoms with van der Waals surface area (Å²) in [6.07, 6.45) is 12.4. The molecule has 83 heavy (non-hydrogen) atoms. The Balaban J connectivity index is 0.000000152. The molecule has 418 valence electrons. The Morgan fingerprint density at radius 3 is 1.51 bits per heavy atom. The maximum absolute atomic E-state index is 13.7. The molecule has 4 aliphatic heterocycles. The zero-order valence-corrected chi connectivity index (χ0v) is 46.8. The van der Waals surface area contributed by atoms with Crippen LogP contribution in [0.4, 0.5) is 0 Å². The Kier molecular flexibility index (Phi) is 13.9. The molecule has 0 radical (unpaired) electrons. The molecule has 0 saturated heterocycles. The topological polar surface area (TPSA) is 164 Å². The minimum Gasteiger partial charge on any atom is -0.303 e. The van der Waals surface area contributed by atoms with Gasteiger partial charge < -0.3 is 9.13 Å². The summed E-state index contributed by atoms with van der Waals surface area (Å²) in [5, 5.41) is 18.2. The summed E-state index contributed by atoms with van der Waals surface area (Å²) in [7, 11) is 0. The van der Waals surface area contributed by atoms with Gasteiger partial charge in [0.2, 0.25) is 0 Å². The van der Waals surface area contributed by atoms with Crippen LogP contribution >= 0.6 is 58.0 Å². The summed E-state index contributed by atoms with van der Waals surface area (Å²) in [6, 6.07) is 31.0. The lowest BCUT2D eigenvalue weighted by Gasteiger charge is -2.20. The van der Waals surface area contributed by atoms with E-state index in [0.717, 1.165) is 116 Å². The number of ketones is 2. The highest BCUT2D eigenvalue weighted by Gasteiger charge is 2.56. The van der Waals surface area contributed by atoms with Crippen LogP contribution in [0.5, 0.6) is 0 Å². The third kappa shape index (κ3) is 9.70. The normalized spacial score (nSPS) is 21.9. The Morgan fingerprint density at radius 2 is 0.988 bits per heavy atom. The van der Waals surface area contributed by atoms with Crippen molar-refractivity contribution in [1.82, 2.24) is 39.1 Å². The van der Waals surface area contributed by atoms with Crippen molar-refractivity contribution in [1.29, 1.82) is 0 Å². The minimum absolute atomic E-state index is 0. The second kappa shape index (κ2) is 21.1. The van der Waals surface area contributed by atoms with Crippen LogP contribution in [0.2, 0.25) is 20.4 Å². The number of aryl methyl sites for hydroxylation is 2. The predicted molar refractivity (Wildman–Crippen MR) is 327 cm³/mol. The number of carbonyl (C=O) groups excluding carboxylic acids is 2. The number of fused-ring (bicyclic) bond motifs is 8. The third-order valence-corrected chi connectivity index (χ3v) is 18.6. The number of Topliss-reactive ketones (excluding diaryl/α,β-unsaturated/α-hetero) is 2. The summed E-state index contributed by atoms with van der Waals surface area (Å²) < 4.78 is 7.04. The molecule has 2 fully saturated rings. The van der Waals surface area contributed by atoms with Crippen LogP contribution in [0.3, 0.4) is 0 Å². The first-order valence-electron chi connectivity index (χ1n) is 27.1. The maximum Gasteiger partial charge on any atom is 0.251 e. The molecule has 0 amide bonds. The summed E-state index contributed by atoms with van der Waals surface area (Å²) in [5.41, 5.74) is 17.6. The molecule has 4 aromatic heterocycles. The molecule has 8 aliphatic rings. The smallest absolute Gasteiger partial charge is 0.251 e. The standard InChI is InChI=1S/C31H22Cl3N5O2.C31H23Cl2N5O2.2CH4/c32-19-4-6-26(38-14-28(33)36-37-38)21(11-19)18-9-27-23-12-24(23)30(39(27)29(41)10-18)25-13-22(31(34)35-25)17-2-1-16-8-20(40)5-3-15(16)7-17;32-21-4-6-27(37-15-29(33)35-36-37)23(12-21)19-10-28-24-13-25(24)31(38(28)30(40)11-19)26-9-20(14-34-26)17-1-2-18-8-22(39)5-3-16(18)7-17;;/h1-2,4,6-7,9-11,14,23-24,30H,3,5,8,12-13H2;1-2,4,6-7,10-12,14-15,24-25,31H,3,5,8-9,13H2;2*1H4/t23-,24+,30+;24-,25+,31+;;/m11../s1. The summed E-state index contributed by atoms with van der Waals surface area (Å²) in [6.45, 7) is 0. The Bertz CT molecular complexity index is 4380. The van der Waals surface area contributed by atoms with Gasteiger partial charge in [-0.2, -0.15) is 0 Å². The first-order chi connectivity index (χ1) is 39.3. The number of benzene rings is 4. The van der Waals surface area contributed by atoms with Crippen molar-refractivity contribution in [3.05, 3.63) is 207 Å². The van der Waals surface area contributed by atoms with Crippen molar-refractivity contribution in [2.45, 2.75) is 103 Å². The van der Waals surface area contributed by atoms with Gasteiger partial charge in [0.15, 0.2) is 10.3 Å². The highest BCUT2D eigenvalue weighted by molar-refractivity contribution is 6.35. The van der Waals surface area contributed by atoms with Crippen LogP contribution in [0.15, 0.2) is 140 Å². The zero-order chi connectivity index (χ0) is 55.1. The average molecular weight is 1200 g/mol. The van der Waals surface area contributed by atoms with E-state index in [-0.39, 0.29) is 54.1 Å². The van der Waals surface area contributed by atoms with Gasteiger partial charge in [0, 0.05) is 118 Å². The third-order valence-electron chi connectivity index (χ3n) is 17.5. The van der Waals surface area contributed by atoms with Gasteiger partial charge in [-0.15, -0.1) is 10.2 Å². The molecule has 0 bridgehead atoms. The first kappa shape index (κ1) is 54.9. The van der Waals surface area contributed by atoms with Crippen molar-refractivity contribution < 1.29 is 9.59 Å². The lowest BCUT2D eigenvalue weighted by molar-refractivity contribution is -0.119. The molecule has 0 spiro atoms. The van der Waals surface area contributed by atoms with Crippen LogP contribution in [0.25, 0.3) is 44.8 Å². The molecule has 4 aliphatic carbocycles. The molecule has 19 heteroatoms. The summed E-state index contributed by atoms with van der Waals surface area (Å²) in [5.74, 6) is 1.95. The fourth-order valence-electron chi connectivity index (χ4n) is 13.5. The number of hydrogen-bond acceptors (Lipinski definition) is 10. The largest absolute Gasteiger partial charge is 0.303 e. The quantitative estimate of drug-likeness (QED) is 0.136. The zero-order valence-electron chi connectivity index (χ0n) is 43.0. The molecule has 2 saturated carbocycles. The number of allylic oxidation sites excluding steroid dienone is 2. The second-order valence-electron chi connectivity index (χ2n) is 22.3. The van der Waals surface area contributed by atoms with E-state index in [2.05, 4.69) is 57.0 Å². The Labute approximate surface area is 502 Å². The first-order valence-corrected chi connectivity index (χ1v) is 28.9. The highest BCUT2D eigenvalue weighted by Crippen LogP contribution is 2.62. The number of rotatable bonds is 8. The molecular weight excluding hydrogens is 1150 g/mol. The molecule has 8 heterocycles. The number of hydrogen-bond donors (Lipinski definition) is 0. The summed E-state index contributed by atoms with van der Waals surface area (Å²) >= 11 is 31.6. The van der Waals surface area contributed by atoms with Crippen molar-refractivity contribution >= 4 is 92.1 Å². The van der Waals surface area contributed by atoms with Crippen LogP contribution in [-0.4, -0.2) is 62.1 Å². The molecule has 16 rings (SSSR count). The lowest BCUT2D eigenvalue weighted by atomic mass is 9.87. The lowest BCUT2D eigenvalue weighted by Crippen LogP contribution is -2.29. The number of carbonyl (C=O) groups is 2. The second-order valence-corrected chi connectivity index (χ2v) is 24.4. The molecule has 0 N–H and O–H groups in total. The van der Waals surface area contributed by atoms with Gasteiger partial charge in [-0.1, -0.05) is 120 Å². The summed E-state index contributed by atoms with van der Waals surface area (Å²) in [4.78, 5) is 60.8.